The summed E-state index contributed by atoms with van der Waals surface area (Å²) in [6.45, 7) is 0. The van der Waals surface area contributed by atoms with Gasteiger partial charge in [-0.25, -0.2) is 0 Å². The molecule has 2 aromatic heterocycles. The number of thiol groups is 1. The van der Waals surface area contributed by atoms with E-state index < -0.39 is 0 Å². The van der Waals surface area contributed by atoms with Crippen molar-refractivity contribution in [2.45, 2.75) is 11.6 Å². The summed E-state index contributed by atoms with van der Waals surface area (Å²) < 4.78 is 2.00. The molecule has 0 atom stereocenters. The molecule has 0 aromatic carbocycles. The molecular weight excluding hydrogens is 214 g/mol. The predicted octanol–water partition coefficient (Wildman–Crippen LogP) is 2.14. The predicted molar refractivity (Wildman–Crippen MR) is 62.2 cm³/mol. The molecule has 0 radical (unpaired) electrons. The minimum atomic E-state index is 0.904. The monoisotopic (exact) mass is 225 g/mol. The third-order valence-corrected chi connectivity index (χ3v) is 3.16. The van der Waals surface area contributed by atoms with Crippen LogP contribution in [0.3, 0.4) is 0 Å². The van der Waals surface area contributed by atoms with Crippen molar-refractivity contribution in [2.24, 2.45) is 0 Å². The summed E-state index contributed by atoms with van der Waals surface area (Å²) in [7, 11) is 0. The zero-order valence-electron chi connectivity index (χ0n) is 7.63. The van der Waals surface area contributed by atoms with Gasteiger partial charge in [0, 0.05) is 11.9 Å². The average molecular weight is 225 g/mol. The Hall–Kier alpha value is -0.680. The summed E-state index contributed by atoms with van der Waals surface area (Å²) in [6, 6.07) is 5.90. The molecule has 14 heavy (non-hydrogen) atoms. The van der Waals surface area contributed by atoms with Gasteiger partial charge in [-0.15, -0.1) is 10.2 Å². The third kappa shape index (κ3) is 2.04. The molecule has 0 aliphatic rings. The molecule has 0 saturated carbocycles. The van der Waals surface area contributed by atoms with E-state index in [4.69, 9.17) is 0 Å². The summed E-state index contributed by atoms with van der Waals surface area (Å²) in [5.74, 6) is 1.96. The smallest absolute Gasteiger partial charge is 0.195 e. The molecule has 0 fully saturated rings. The normalized spacial score (nSPS) is 10.9. The summed E-state index contributed by atoms with van der Waals surface area (Å²) in [6.07, 6.45) is 3.08. The fourth-order valence-corrected chi connectivity index (χ4v) is 2.38. The van der Waals surface area contributed by atoms with Crippen LogP contribution >= 0.6 is 24.4 Å². The van der Waals surface area contributed by atoms with Crippen LogP contribution in [0.4, 0.5) is 0 Å². The quantitative estimate of drug-likeness (QED) is 0.491. The van der Waals surface area contributed by atoms with Gasteiger partial charge < -0.3 is 0 Å². The van der Waals surface area contributed by atoms with Gasteiger partial charge in [0.15, 0.2) is 10.8 Å². The summed E-state index contributed by atoms with van der Waals surface area (Å²) in [5.41, 5.74) is 0.904. The van der Waals surface area contributed by atoms with E-state index in [-0.39, 0.29) is 0 Å². The number of nitrogens with zero attached hydrogens (tertiary/aromatic N) is 3. The molecule has 5 heteroatoms. The molecule has 3 nitrogen and oxygen atoms in total. The maximum atomic E-state index is 4.17. The van der Waals surface area contributed by atoms with Crippen molar-refractivity contribution in [3.63, 3.8) is 0 Å². The van der Waals surface area contributed by atoms with Crippen LogP contribution in [0.15, 0.2) is 29.6 Å². The van der Waals surface area contributed by atoms with Crippen molar-refractivity contribution < 1.29 is 0 Å². The molecule has 2 rings (SSSR count). The van der Waals surface area contributed by atoms with Crippen molar-refractivity contribution in [1.82, 2.24) is 14.6 Å². The lowest BCUT2D eigenvalue weighted by atomic mass is 10.5. The van der Waals surface area contributed by atoms with E-state index in [1.54, 1.807) is 11.8 Å². The molecule has 0 aliphatic heterocycles. The van der Waals surface area contributed by atoms with E-state index in [9.17, 15) is 0 Å². The largest absolute Gasteiger partial charge is 0.277 e. The lowest BCUT2D eigenvalue weighted by molar-refractivity contribution is 0.918. The van der Waals surface area contributed by atoms with E-state index in [2.05, 4.69) is 22.8 Å². The second-order valence-electron chi connectivity index (χ2n) is 2.84. The van der Waals surface area contributed by atoms with E-state index in [1.165, 1.54) is 0 Å². The molecule has 2 heterocycles. The van der Waals surface area contributed by atoms with Gasteiger partial charge in [-0.3, -0.25) is 4.40 Å². The van der Waals surface area contributed by atoms with E-state index in [1.807, 2.05) is 28.8 Å². The lowest BCUT2D eigenvalue weighted by Gasteiger charge is -1.97. The average Bonchev–Trinajstić information content (AvgIpc) is 2.63. The highest BCUT2D eigenvalue weighted by molar-refractivity contribution is 7.99. The topological polar surface area (TPSA) is 30.2 Å². The standard InChI is InChI=1S/C9H11N3S2/c13-6-3-7-14-9-11-10-8-4-1-2-5-12(8)9/h1-2,4-5,13H,3,6-7H2. The van der Waals surface area contributed by atoms with Gasteiger partial charge in [-0.1, -0.05) is 17.8 Å². The lowest BCUT2D eigenvalue weighted by Crippen LogP contribution is -1.88. The van der Waals surface area contributed by atoms with Crippen molar-refractivity contribution in [3.8, 4) is 0 Å². The summed E-state index contributed by atoms with van der Waals surface area (Å²) >= 11 is 5.89. The molecule has 0 unspecified atom stereocenters. The third-order valence-electron chi connectivity index (χ3n) is 1.82. The van der Waals surface area contributed by atoms with E-state index in [0.717, 1.165) is 28.7 Å². The molecule has 0 spiro atoms. The summed E-state index contributed by atoms with van der Waals surface area (Å²) in [5, 5.41) is 9.15. The second-order valence-corrected chi connectivity index (χ2v) is 4.35. The molecule has 0 amide bonds. The maximum Gasteiger partial charge on any atom is 0.195 e. The van der Waals surface area contributed by atoms with Crippen LogP contribution in [0.1, 0.15) is 6.42 Å². The van der Waals surface area contributed by atoms with E-state index in [0.29, 0.717) is 0 Å². The van der Waals surface area contributed by atoms with E-state index >= 15 is 0 Å². The number of thioether (sulfide) groups is 1. The maximum absolute atomic E-state index is 4.17. The Morgan fingerprint density at radius 2 is 2.29 bits per heavy atom. The first-order valence-corrected chi connectivity index (χ1v) is 6.07. The first kappa shape index (κ1) is 9.86. The van der Waals surface area contributed by atoms with Crippen molar-refractivity contribution >= 4 is 30.0 Å². The Kier molecular flexibility index (Phi) is 3.31. The number of rotatable bonds is 4. The fraction of sp³-hybridized carbons (Fsp3) is 0.333. The van der Waals surface area contributed by atoms with Gasteiger partial charge in [0.25, 0.3) is 0 Å². The highest BCUT2D eigenvalue weighted by atomic mass is 32.2. The van der Waals surface area contributed by atoms with Crippen LogP contribution in [0.2, 0.25) is 0 Å². The van der Waals surface area contributed by atoms with Gasteiger partial charge in [0.1, 0.15) is 0 Å². The first-order chi connectivity index (χ1) is 6.92. The van der Waals surface area contributed by atoms with Gasteiger partial charge in [0.2, 0.25) is 0 Å². The number of hydrogen-bond donors (Lipinski definition) is 1. The van der Waals surface area contributed by atoms with Gasteiger partial charge in [-0.2, -0.15) is 12.6 Å². The van der Waals surface area contributed by atoms with Crippen molar-refractivity contribution in [1.29, 1.82) is 0 Å². The number of fused-ring (bicyclic) bond motifs is 1. The zero-order valence-corrected chi connectivity index (χ0v) is 9.34. The number of aromatic nitrogens is 3. The molecule has 2 aromatic rings. The number of hydrogen-bond acceptors (Lipinski definition) is 4. The Labute approximate surface area is 92.3 Å². The zero-order chi connectivity index (χ0) is 9.80. The van der Waals surface area contributed by atoms with Crippen LogP contribution in [-0.4, -0.2) is 26.1 Å². The Morgan fingerprint density at radius 1 is 1.36 bits per heavy atom. The van der Waals surface area contributed by atoms with Crippen LogP contribution < -0.4 is 0 Å². The van der Waals surface area contributed by atoms with Crippen LogP contribution in [0, 0.1) is 0 Å². The minimum Gasteiger partial charge on any atom is -0.277 e. The Balaban J connectivity index is 2.17. The fourth-order valence-electron chi connectivity index (χ4n) is 1.15. The minimum absolute atomic E-state index is 0.904. The SMILES string of the molecule is SCCCSc1nnc2ccccn12. The van der Waals surface area contributed by atoms with Gasteiger partial charge in [-0.05, 0) is 24.3 Å². The summed E-state index contributed by atoms with van der Waals surface area (Å²) in [4.78, 5) is 0. The molecule has 0 saturated heterocycles. The van der Waals surface area contributed by atoms with Crippen LogP contribution in [-0.2, 0) is 0 Å². The second kappa shape index (κ2) is 4.70. The molecular formula is C9H11N3S2. The molecule has 74 valence electrons. The Bertz CT molecular complexity index is 413. The van der Waals surface area contributed by atoms with Crippen LogP contribution in [0.25, 0.3) is 5.65 Å². The van der Waals surface area contributed by atoms with Gasteiger partial charge in [0.05, 0.1) is 0 Å². The highest BCUT2D eigenvalue weighted by Crippen LogP contribution is 2.17. The van der Waals surface area contributed by atoms with Crippen molar-refractivity contribution in [3.05, 3.63) is 24.4 Å². The van der Waals surface area contributed by atoms with Crippen molar-refractivity contribution in [2.75, 3.05) is 11.5 Å². The number of pyridine rings is 1. The molecule has 0 N–H and O–H groups in total. The first-order valence-electron chi connectivity index (χ1n) is 4.45. The molecule has 0 bridgehead atoms. The Morgan fingerprint density at radius 3 is 3.14 bits per heavy atom. The highest BCUT2D eigenvalue weighted by Gasteiger charge is 2.03. The molecule has 0 aliphatic carbocycles. The van der Waals surface area contributed by atoms with Crippen LogP contribution in [0.5, 0.6) is 0 Å². The van der Waals surface area contributed by atoms with Gasteiger partial charge >= 0.3 is 0 Å².